The van der Waals surface area contributed by atoms with Crippen LogP contribution in [0.25, 0.3) is 0 Å². The van der Waals surface area contributed by atoms with E-state index in [0.717, 1.165) is 12.2 Å². The Bertz CT molecular complexity index is 244. The Labute approximate surface area is 88.6 Å². The summed E-state index contributed by atoms with van der Waals surface area (Å²) in [5, 5.41) is 1.85. The molecule has 0 saturated carbocycles. The summed E-state index contributed by atoms with van der Waals surface area (Å²) < 4.78 is 27.1. The van der Waals surface area contributed by atoms with Gasteiger partial charge in [-0.2, -0.15) is 0 Å². The molecule has 0 aromatic rings. The third-order valence-electron chi connectivity index (χ3n) is 1.48. The molecule has 0 aromatic carbocycles. The molecule has 14 heavy (non-hydrogen) atoms. The van der Waals surface area contributed by atoms with Crippen molar-refractivity contribution >= 4 is 19.6 Å². The van der Waals surface area contributed by atoms with Gasteiger partial charge in [0.15, 0.2) is 0 Å². The SMILES string of the molecule is CCOP(=O)(OCC)OC1=CSCC1. The van der Waals surface area contributed by atoms with E-state index in [1.165, 1.54) is 0 Å². The van der Waals surface area contributed by atoms with E-state index in [-0.39, 0.29) is 0 Å². The lowest BCUT2D eigenvalue weighted by atomic mass is 10.4. The zero-order valence-corrected chi connectivity index (χ0v) is 10.1. The summed E-state index contributed by atoms with van der Waals surface area (Å²) in [6.45, 7) is 4.15. The quantitative estimate of drug-likeness (QED) is 0.665. The number of rotatable bonds is 6. The Morgan fingerprint density at radius 2 is 2.07 bits per heavy atom. The average molecular weight is 238 g/mol. The molecule has 0 aromatic heterocycles. The second-order valence-electron chi connectivity index (χ2n) is 2.58. The van der Waals surface area contributed by atoms with Gasteiger partial charge in [-0.05, 0) is 13.8 Å². The van der Waals surface area contributed by atoms with E-state index in [0.29, 0.717) is 19.0 Å². The lowest BCUT2D eigenvalue weighted by Gasteiger charge is -2.17. The van der Waals surface area contributed by atoms with Gasteiger partial charge in [0.2, 0.25) is 0 Å². The average Bonchev–Trinajstić information content (AvgIpc) is 2.57. The first kappa shape index (κ1) is 12.1. The molecular weight excluding hydrogens is 223 g/mol. The molecule has 82 valence electrons. The predicted molar refractivity (Wildman–Crippen MR) is 57.1 cm³/mol. The zero-order valence-electron chi connectivity index (χ0n) is 8.39. The highest BCUT2D eigenvalue weighted by atomic mass is 32.2. The maximum absolute atomic E-state index is 11.9. The van der Waals surface area contributed by atoms with E-state index in [2.05, 4.69) is 0 Å². The van der Waals surface area contributed by atoms with Gasteiger partial charge in [0, 0.05) is 17.6 Å². The molecule has 0 bridgehead atoms. The largest absolute Gasteiger partial charge is 0.529 e. The number of phosphoric ester groups is 1. The first-order chi connectivity index (χ1) is 6.70. The third kappa shape index (κ3) is 3.65. The minimum atomic E-state index is -3.35. The van der Waals surface area contributed by atoms with Gasteiger partial charge in [-0.25, -0.2) is 4.57 Å². The van der Waals surface area contributed by atoms with Gasteiger partial charge in [0.25, 0.3) is 0 Å². The Kier molecular flexibility index (Phi) is 5.02. The van der Waals surface area contributed by atoms with Gasteiger partial charge in [-0.1, -0.05) is 0 Å². The number of allylic oxidation sites excluding steroid dienone is 1. The smallest absolute Gasteiger partial charge is 0.408 e. The molecule has 1 aliphatic heterocycles. The van der Waals surface area contributed by atoms with Crippen LogP contribution >= 0.6 is 19.6 Å². The number of phosphoric acid groups is 1. The molecule has 0 fully saturated rings. The fourth-order valence-corrected chi connectivity index (χ4v) is 3.09. The minimum absolute atomic E-state index is 0.317. The molecule has 1 aliphatic rings. The van der Waals surface area contributed by atoms with E-state index in [1.807, 2.05) is 5.41 Å². The third-order valence-corrected chi connectivity index (χ3v) is 3.96. The molecule has 0 aliphatic carbocycles. The van der Waals surface area contributed by atoms with Crippen LogP contribution in [-0.4, -0.2) is 19.0 Å². The minimum Gasteiger partial charge on any atom is -0.408 e. The van der Waals surface area contributed by atoms with Crippen molar-refractivity contribution in [1.29, 1.82) is 0 Å². The van der Waals surface area contributed by atoms with Crippen LogP contribution in [0, 0.1) is 0 Å². The highest BCUT2D eigenvalue weighted by Crippen LogP contribution is 2.52. The lowest BCUT2D eigenvalue weighted by molar-refractivity contribution is 0.144. The standard InChI is InChI=1S/C8H15O4PS/c1-3-10-13(9,11-4-2)12-8-5-6-14-7-8/h7H,3-6H2,1-2H3. The topological polar surface area (TPSA) is 44.8 Å². The molecule has 0 saturated heterocycles. The van der Waals surface area contributed by atoms with Crippen molar-refractivity contribution in [2.45, 2.75) is 20.3 Å². The van der Waals surface area contributed by atoms with Crippen molar-refractivity contribution in [3.63, 3.8) is 0 Å². The summed E-state index contributed by atoms with van der Waals surface area (Å²) in [5.74, 6) is 1.66. The summed E-state index contributed by atoms with van der Waals surface area (Å²) in [6.07, 6.45) is 0.787. The van der Waals surface area contributed by atoms with Crippen LogP contribution in [-0.2, 0) is 18.1 Å². The van der Waals surface area contributed by atoms with Crippen molar-refractivity contribution in [2.24, 2.45) is 0 Å². The molecule has 0 unspecified atom stereocenters. The second-order valence-corrected chi connectivity index (χ2v) is 5.15. The van der Waals surface area contributed by atoms with Gasteiger partial charge >= 0.3 is 7.82 Å². The summed E-state index contributed by atoms with van der Waals surface area (Å²) in [6, 6.07) is 0. The molecule has 0 radical (unpaired) electrons. The van der Waals surface area contributed by atoms with Crippen LogP contribution in [0.15, 0.2) is 11.2 Å². The molecule has 0 amide bonds. The van der Waals surface area contributed by atoms with Crippen molar-refractivity contribution < 1.29 is 18.1 Å². The molecule has 4 nitrogen and oxygen atoms in total. The van der Waals surface area contributed by atoms with E-state index in [1.54, 1.807) is 25.6 Å². The molecule has 0 N–H and O–H groups in total. The highest BCUT2D eigenvalue weighted by molar-refractivity contribution is 8.02. The van der Waals surface area contributed by atoms with E-state index in [4.69, 9.17) is 13.6 Å². The van der Waals surface area contributed by atoms with Gasteiger partial charge < -0.3 is 4.52 Å². The zero-order chi connectivity index (χ0) is 10.4. The Morgan fingerprint density at radius 3 is 2.50 bits per heavy atom. The number of hydrogen-bond donors (Lipinski definition) is 0. The Morgan fingerprint density at radius 1 is 1.43 bits per heavy atom. The molecule has 0 atom stereocenters. The summed E-state index contributed by atoms with van der Waals surface area (Å²) >= 11 is 1.64. The van der Waals surface area contributed by atoms with Crippen LogP contribution in [0.5, 0.6) is 0 Å². The fraction of sp³-hybridized carbons (Fsp3) is 0.750. The van der Waals surface area contributed by atoms with Crippen LogP contribution < -0.4 is 0 Å². The summed E-state index contributed by atoms with van der Waals surface area (Å²) in [5.41, 5.74) is 0. The highest BCUT2D eigenvalue weighted by Gasteiger charge is 2.28. The van der Waals surface area contributed by atoms with E-state index in [9.17, 15) is 4.57 Å². The number of hydrogen-bond acceptors (Lipinski definition) is 5. The lowest BCUT2D eigenvalue weighted by Crippen LogP contribution is -1.99. The monoisotopic (exact) mass is 238 g/mol. The molecule has 1 rings (SSSR count). The maximum Gasteiger partial charge on any atom is 0.529 e. The molecule has 6 heteroatoms. The van der Waals surface area contributed by atoms with Crippen molar-refractivity contribution in [3.05, 3.63) is 11.2 Å². The van der Waals surface area contributed by atoms with Gasteiger partial charge in [-0.15, -0.1) is 11.8 Å². The van der Waals surface area contributed by atoms with E-state index < -0.39 is 7.82 Å². The first-order valence-corrected chi connectivity index (χ1v) is 7.10. The van der Waals surface area contributed by atoms with E-state index >= 15 is 0 Å². The second kappa shape index (κ2) is 5.81. The maximum atomic E-state index is 11.9. The Balaban J connectivity index is 2.53. The van der Waals surface area contributed by atoms with Gasteiger partial charge in [0.05, 0.1) is 13.2 Å². The molecule has 0 spiro atoms. The summed E-state index contributed by atoms with van der Waals surface area (Å²) in [7, 11) is -3.35. The molecule has 1 heterocycles. The van der Waals surface area contributed by atoms with Gasteiger partial charge in [-0.3, -0.25) is 9.05 Å². The van der Waals surface area contributed by atoms with Crippen LogP contribution in [0.3, 0.4) is 0 Å². The van der Waals surface area contributed by atoms with Crippen molar-refractivity contribution in [1.82, 2.24) is 0 Å². The number of thioether (sulfide) groups is 1. The molecular formula is C8H15O4PS. The van der Waals surface area contributed by atoms with Gasteiger partial charge in [0.1, 0.15) is 5.76 Å². The van der Waals surface area contributed by atoms with Crippen LogP contribution in [0.4, 0.5) is 0 Å². The Hall–Kier alpha value is 0.0400. The van der Waals surface area contributed by atoms with Crippen molar-refractivity contribution in [2.75, 3.05) is 19.0 Å². The first-order valence-electron chi connectivity index (χ1n) is 4.59. The van der Waals surface area contributed by atoms with Crippen LogP contribution in [0.2, 0.25) is 0 Å². The normalized spacial score (nSPS) is 16.9. The van der Waals surface area contributed by atoms with Crippen molar-refractivity contribution in [3.8, 4) is 0 Å². The fourth-order valence-electron chi connectivity index (χ4n) is 0.987. The predicted octanol–water partition coefficient (Wildman–Crippen LogP) is 3.16. The summed E-state index contributed by atoms with van der Waals surface area (Å²) in [4.78, 5) is 0. The van der Waals surface area contributed by atoms with Crippen LogP contribution in [0.1, 0.15) is 20.3 Å².